The van der Waals surface area contributed by atoms with Crippen molar-refractivity contribution >= 4 is 40.1 Å². The highest BCUT2D eigenvalue weighted by Crippen LogP contribution is 2.24. The lowest BCUT2D eigenvalue weighted by atomic mass is 10.1. The van der Waals surface area contributed by atoms with Crippen LogP contribution in [0.15, 0.2) is 42.7 Å². The number of nitrogens with zero attached hydrogens (tertiary/aromatic N) is 3. The van der Waals surface area contributed by atoms with E-state index in [0.717, 1.165) is 0 Å². The fourth-order valence-corrected chi connectivity index (χ4v) is 3.96. The number of pyridine rings is 1. The molecular weight excluding hydrogens is 428 g/mol. The fourth-order valence-electron chi connectivity index (χ4n) is 3.77. The van der Waals surface area contributed by atoms with Gasteiger partial charge in [-0.25, -0.2) is 13.8 Å². The van der Waals surface area contributed by atoms with E-state index in [1.54, 1.807) is 29.0 Å². The second kappa shape index (κ2) is 8.50. The molecule has 4 rings (SSSR count). The smallest absolute Gasteiger partial charge is 0.243 e. The molecule has 31 heavy (non-hydrogen) atoms. The summed E-state index contributed by atoms with van der Waals surface area (Å²) in [6, 6.07) is 6.89. The summed E-state index contributed by atoms with van der Waals surface area (Å²) < 4.78 is 29.8. The highest BCUT2D eigenvalue weighted by Gasteiger charge is 2.39. The number of nitrogens with two attached hydrogens (primary N) is 1. The Labute approximate surface area is 181 Å². The lowest BCUT2D eigenvalue weighted by molar-refractivity contribution is -0.139. The Bertz CT molecular complexity index is 1150. The molecule has 0 unspecified atom stereocenters. The summed E-state index contributed by atoms with van der Waals surface area (Å²) in [5, 5.41) is 3.23. The van der Waals surface area contributed by atoms with Crippen molar-refractivity contribution in [2.75, 3.05) is 12.3 Å². The number of likely N-dealkylation sites (tertiary alicyclic amines) is 1. The van der Waals surface area contributed by atoms with Crippen molar-refractivity contribution < 1.29 is 18.4 Å². The van der Waals surface area contributed by atoms with Gasteiger partial charge in [0.2, 0.25) is 11.8 Å². The molecular formula is C21H20ClF2N5O2. The van der Waals surface area contributed by atoms with Gasteiger partial charge in [0.15, 0.2) is 0 Å². The van der Waals surface area contributed by atoms with Crippen LogP contribution >= 0.6 is 11.6 Å². The fraction of sp³-hybridized carbons (Fsp3) is 0.286. The number of anilines is 1. The van der Waals surface area contributed by atoms with Crippen LogP contribution in [0.3, 0.4) is 0 Å². The largest absolute Gasteiger partial charge is 0.398 e. The maximum atomic E-state index is 14.1. The summed E-state index contributed by atoms with van der Waals surface area (Å²) in [4.78, 5) is 31.0. The number of hydrogen-bond acceptors (Lipinski definition) is 4. The van der Waals surface area contributed by atoms with Crippen molar-refractivity contribution in [3.05, 3.63) is 59.1 Å². The summed E-state index contributed by atoms with van der Waals surface area (Å²) in [7, 11) is 0. The predicted molar refractivity (Wildman–Crippen MR) is 112 cm³/mol. The SMILES string of the molecule is Nc1ccnc2c1ccn2CC(=O)N1C[C@H](F)C[C@H]1C(=O)NCc1cccc(Cl)c1F. The number of amides is 2. The lowest BCUT2D eigenvalue weighted by Crippen LogP contribution is -2.46. The van der Waals surface area contributed by atoms with E-state index in [2.05, 4.69) is 10.3 Å². The molecule has 1 aliphatic rings. The Morgan fingerprint density at radius 1 is 1.29 bits per heavy atom. The molecule has 3 heterocycles. The van der Waals surface area contributed by atoms with Crippen LogP contribution in [0, 0.1) is 5.82 Å². The number of fused-ring (bicyclic) bond motifs is 1. The van der Waals surface area contributed by atoms with Gasteiger partial charge in [-0.1, -0.05) is 23.7 Å². The normalized spacial score (nSPS) is 18.5. The van der Waals surface area contributed by atoms with Crippen molar-refractivity contribution in [3.63, 3.8) is 0 Å². The van der Waals surface area contributed by atoms with Crippen LogP contribution in [0.2, 0.25) is 5.02 Å². The molecule has 0 aliphatic carbocycles. The minimum atomic E-state index is -1.32. The monoisotopic (exact) mass is 447 g/mol. The van der Waals surface area contributed by atoms with E-state index in [-0.39, 0.29) is 36.6 Å². The van der Waals surface area contributed by atoms with E-state index in [1.165, 1.54) is 23.2 Å². The first kappa shape index (κ1) is 21.0. The summed E-state index contributed by atoms with van der Waals surface area (Å²) in [6.45, 7) is -0.414. The average Bonchev–Trinajstić information content (AvgIpc) is 3.33. The average molecular weight is 448 g/mol. The molecule has 0 radical (unpaired) electrons. The van der Waals surface area contributed by atoms with Crippen LogP contribution in [-0.2, 0) is 22.7 Å². The molecule has 0 saturated carbocycles. The molecule has 2 atom stereocenters. The number of carbonyl (C=O) groups is 2. The summed E-state index contributed by atoms with van der Waals surface area (Å²) in [5.74, 6) is -1.60. The number of benzene rings is 1. The van der Waals surface area contributed by atoms with Gasteiger partial charge in [0.05, 0.1) is 11.6 Å². The molecule has 0 bridgehead atoms. The quantitative estimate of drug-likeness (QED) is 0.629. The third kappa shape index (κ3) is 4.18. The third-order valence-electron chi connectivity index (χ3n) is 5.36. The number of carbonyl (C=O) groups excluding carboxylic acids is 2. The number of halogens is 3. The van der Waals surface area contributed by atoms with Crippen LogP contribution in [0.5, 0.6) is 0 Å². The second-order valence-electron chi connectivity index (χ2n) is 7.41. The van der Waals surface area contributed by atoms with Gasteiger partial charge in [0, 0.05) is 42.0 Å². The van der Waals surface area contributed by atoms with E-state index in [1.807, 2.05) is 0 Å². The maximum Gasteiger partial charge on any atom is 0.243 e. The van der Waals surface area contributed by atoms with Crippen molar-refractivity contribution in [2.45, 2.75) is 31.7 Å². The van der Waals surface area contributed by atoms with Gasteiger partial charge in [-0.05, 0) is 18.2 Å². The molecule has 10 heteroatoms. The first-order valence-electron chi connectivity index (χ1n) is 9.68. The van der Waals surface area contributed by atoms with Crippen LogP contribution in [-0.4, -0.2) is 45.0 Å². The van der Waals surface area contributed by atoms with Crippen LogP contribution < -0.4 is 11.1 Å². The molecule has 2 aromatic heterocycles. The second-order valence-corrected chi connectivity index (χ2v) is 7.81. The zero-order valence-corrected chi connectivity index (χ0v) is 17.1. The maximum absolute atomic E-state index is 14.1. The number of aromatic nitrogens is 2. The predicted octanol–water partition coefficient (Wildman–Crippen LogP) is 2.67. The molecule has 2 amide bonds. The standard InChI is InChI=1S/C21H20ClF2N5O2/c22-15-3-1-2-12(19(15)24)9-27-21(31)17-8-13(23)10-29(17)18(30)11-28-7-5-14-16(25)4-6-26-20(14)28/h1-7,13,17H,8-11H2,(H2,25,26)(H,27,31)/t13-,17+/m1/s1. The molecule has 3 N–H and O–H groups in total. The van der Waals surface area contributed by atoms with E-state index in [0.29, 0.717) is 16.7 Å². The first-order valence-corrected chi connectivity index (χ1v) is 10.1. The van der Waals surface area contributed by atoms with Gasteiger partial charge in [-0.15, -0.1) is 0 Å². The minimum absolute atomic E-state index is 0.0542. The number of nitrogen functional groups attached to an aromatic ring is 1. The third-order valence-corrected chi connectivity index (χ3v) is 5.65. The van der Waals surface area contributed by atoms with Gasteiger partial charge in [0.1, 0.15) is 30.2 Å². The molecule has 1 aliphatic heterocycles. The Balaban J connectivity index is 1.46. The lowest BCUT2D eigenvalue weighted by Gasteiger charge is -2.24. The number of hydrogen-bond donors (Lipinski definition) is 2. The Morgan fingerprint density at radius 2 is 2.10 bits per heavy atom. The zero-order chi connectivity index (χ0) is 22.1. The minimum Gasteiger partial charge on any atom is -0.398 e. The summed E-state index contributed by atoms with van der Waals surface area (Å²) in [5.41, 5.74) is 7.19. The molecule has 162 valence electrons. The highest BCUT2D eigenvalue weighted by atomic mass is 35.5. The zero-order valence-electron chi connectivity index (χ0n) is 16.4. The molecule has 7 nitrogen and oxygen atoms in total. The van der Waals surface area contributed by atoms with E-state index in [9.17, 15) is 18.4 Å². The topological polar surface area (TPSA) is 93.2 Å². The van der Waals surface area contributed by atoms with Gasteiger partial charge in [-0.3, -0.25) is 9.59 Å². The molecule has 0 spiro atoms. The van der Waals surface area contributed by atoms with Crippen LogP contribution in [0.25, 0.3) is 11.0 Å². The Kier molecular flexibility index (Phi) is 5.77. The molecule has 1 fully saturated rings. The van der Waals surface area contributed by atoms with Crippen molar-refractivity contribution in [2.24, 2.45) is 0 Å². The van der Waals surface area contributed by atoms with Gasteiger partial charge in [-0.2, -0.15) is 0 Å². The summed E-state index contributed by atoms with van der Waals surface area (Å²) in [6.07, 6.45) is 1.77. The van der Waals surface area contributed by atoms with Gasteiger partial charge >= 0.3 is 0 Å². The number of rotatable bonds is 5. The van der Waals surface area contributed by atoms with E-state index < -0.39 is 29.8 Å². The molecule has 1 aromatic carbocycles. The molecule has 3 aromatic rings. The summed E-state index contributed by atoms with van der Waals surface area (Å²) >= 11 is 5.75. The highest BCUT2D eigenvalue weighted by molar-refractivity contribution is 6.30. The first-order chi connectivity index (χ1) is 14.8. The molecule has 1 saturated heterocycles. The van der Waals surface area contributed by atoms with Gasteiger partial charge in [0.25, 0.3) is 0 Å². The van der Waals surface area contributed by atoms with Gasteiger partial charge < -0.3 is 20.5 Å². The van der Waals surface area contributed by atoms with Crippen LogP contribution in [0.4, 0.5) is 14.5 Å². The van der Waals surface area contributed by atoms with Crippen LogP contribution in [0.1, 0.15) is 12.0 Å². The van der Waals surface area contributed by atoms with Crippen molar-refractivity contribution in [3.8, 4) is 0 Å². The number of nitrogens with one attached hydrogen (secondary N) is 1. The van der Waals surface area contributed by atoms with E-state index in [4.69, 9.17) is 17.3 Å². The number of alkyl halides is 1. The van der Waals surface area contributed by atoms with E-state index >= 15 is 0 Å². The van der Waals surface area contributed by atoms with Crippen molar-refractivity contribution in [1.82, 2.24) is 19.8 Å². The Morgan fingerprint density at radius 3 is 2.90 bits per heavy atom. The Hall–Kier alpha value is -3.20. The van der Waals surface area contributed by atoms with Crippen molar-refractivity contribution in [1.29, 1.82) is 0 Å².